The molecule has 84 valence electrons. The van der Waals surface area contributed by atoms with E-state index in [-0.39, 0.29) is 11.6 Å². The van der Waals surface area contributed by atoms with Crippen LogP contribution in [0, 0.1) is 0 Å². The molecule has 0 bridgehead atoms. The molecule has 0 aliphatic carbocycles. The Hall–Kier alpha value is -1.56. The van der Waals surface area contributed by atoms with Gasteiger partial charge < -0.3 is 20.4 Å². The highest BCUT2D eigenvalue weighted by molar-refractivity contribution is 5.91. The monoisotopic (exact) mass is 213 g/mol. The Balaban J connectivity index is 2.34. The van der Waals surface area contributed by atoms with E-state index in [9.17, 15) is 14.7 Å². The van der Waals surface area contributed by atoms with E-state index in [2.05, 4.69) is 15.3 Å². The van der Waals surface area contributed by atoms with Crippen molar-refractivity contribution in [3.8, 4) is 0 Å². The van der Waals surface area contributed by atoms with Crippen LogP contribution in [0.15, 0.2) is 11.0 Å². The van der Waals surface area contributed by atoms with E-state index in [4.69, 9.17) is 0 Å². The van der Waals surface area contributed by atoms with Gasteiger partial charge in [-0.2, -0.15) is 0 Å². The van der Waals surface area contributed by atoms with Crippen LogP contribution >= 0.6 is 0 Å². The van der Waals surface area contributed by atoms with Crippen LogP contribution in [0.2, 0.25) is 0 Å². The van der Waals surface area contributed by atoms with Crippen molar-refractivity contribution in [1.82, 2.24) is 15.3 Å². The highest BCUT2D eigenvalue weighted by atomic mass is 16.3. The first kappa shape index (κ1) is 11.5. The molecule has 6 nitrogen and oxygen atoms in total. The van der Waals surface area contributed by atoms with Crippen molar-refractivity contribution in [2.24, 2.45) is 0 Å². The maximum Gasteiger partial charge on any atom is 0.323 e. The third-order valence-electron chi connectivity index (χ3n) is 2.07. The molecule has 0 radical (unpaired) electrons. The molecule has 0 fully saturated rings. The maximum absolute atomic E-state index is 11.3. The van der Waals surface area contributed by atoms with Crippen LogP contribution in [0.4, 0.5) is 0 Å². The lowest BCUT2D eigenvalue weighted by atomic mass is 10.2. The molecule has 0 saturated carbocycles. The summed E-state index contributed by atoms with van der Waals surface area (Å²) in [6.07, 6.45) is 2.09. The first-order valence-electron chi connectivity index (χ1n) is 4.87. The van der Waals surface area contributed by atoms with Gasteiger partial charge in [0, 0.05) is 12.7 Å². The van der Waals surface area contributed by atoms with Crippen LogP contribution in [0.3, 0.4) is 0 Å². The molecular formula is C9H15N3O3. The van der Waals surface area contributed by atoms with Crippen LogP contribution in [-0.4, -0.2) is 33.6 Å². The topological polar surface area (TPSA) is 98.0 Å². The second kappa shape index (κ2) is 5.35. The molecular weight excluding hydrogens is 198 g/mol. The number of amides is 1. The molecule has 1 unspecified atom stereocenters. The minimum Gasteiger partial charge on any atom is -0.393 e. The number of aromatic amines is 2. The summed E-state index contributed by atoms with van der Waals surface area (Å²) in [5, 5.41) is 11.8. The van der Waals surface area contributed by atoms with Gasteiger partial charge in [-0.15, -0.1) is 0 Å². The fourth-order valence-corrected chi connectivity index (χ4v) is 1.11. The summed E-state index contributed by atoms with van der Waals surface area (Å²) in [5.41, 5.74) is -0.209. The van der Waals surface area contributed by atoms with Crippen LogP contribution < -0.4 is 11.0 Å². The van der Waals surface area contributed by atoms with Gasteiger partial charge in [0.2, 0.25) is 0 Å². The number of H-pyrrole nitrogens is 2. The molecule has 15 heavy (non-hydrogen) atoms. The molecule has 4 N–H and O–H groups in total. The van der Waals surface area contributed by atoms with Crippen LogP contribution in [0.5, 0.6) is 0 Å². The summed E-state index contributed by atoms with van der Waals surface area (Å²) in [6, 6.07) is 0. The van der Waals surface area contributed by atoms with Crippen molar-refractivity contribution in [3.63, 3.8) is 0 Å². The van der Waals surface area contributed by atoms with Crippen LogP contribution in [-0.2, 0) is 0 Å². The van der Waals surface area contributed by atoms with Gasteiger partial charge in [0.15, 0.2) is 0 Å². The number of carbonyl (C=O) groups excluding carboxylic acids is 1. The van der Waals surface area contributed by atoms with Gasteiger partial charge in [-0.05, 0) is 12.8 Å². The number of hydrogen-bond acceptors (Lipinski definition) is 3. The van der Waals surface area contributed by atoms with Crippen molar-refractivity contribution in [3.05, 3.63) is 22.4 Å². The van der Waals surface area contributed by atoms with Gasteiger partial charge in [-0.3, -0.25) is 4.79 Å². The van der Waals surface area contributed by atoms with Gasteiger partial charge in [0.1, 0.15) is 5.69 Å². The van der Waals surface area contributed by atoms with Gasteiger partial charge in [-0.1, -0.05) is 6.92 Å². The number of nitrogens with one attached hydrogen (secondary N) is 3. The third-order valence-corrected chi connectivity index (χ3v) is 2.07. The average Bonchev–Trinajstić information content (AvgIpc) is 2.64. The van der Waals surface area contributed by atoms with E-state index in [1.54, 1.807) is 0 Å². The molecule has 0 aliphatic heterocycles. The molecule has 1 heterocycles. The molecule has 0 spiro atoms. The smallest absolute Gasteiger partial charge is 0.323 e. The zero-order chi connectivity index (χ0) is 11.3. The Labute approximate surface area is 86.7 Å². The minimum atomic E-state index is -0.409. The molecule has 0 aliphatic rings. The van der Waals surface area contributed by atoms with Crippen LogP contribution in [0.1, 0.15) is 30.3 Å². The Morgan fingerprint density at radius 3 is 2.93 bits per heavy atom. The van der Waals surface area contributed by atoms with E-state index in [0.717, 1.165) is 0 Å². The number of carbonyl (C=O) groups is 1. The predicted octanol–water partition coefficient (Wildman–Crippen LogP) is -0.406. The first-order chi connectivity index (χ1) is 7.13. The molecule has 1 aromatic rings. The minimum absolute atomic E-state index is 0.200. The SMILES string of the molecule is CCC(O)CCNC(=O)c1c[nH]c(=O)[nH]1. The third kappa shape index (κ3) is 3.59. The number of aliphatic hydroxyl groups is 1. The van der Waals surface area contributed by atoms with Gasteiger partial charge in [0.25, 0.3) is 5.91 Å². The summed E-state index contributed by atoms with van der Waals surface area (Å²) in [7, 11) is 0. The van der Waals surface area contributed by atoms with Crippen molar-refractivity contribution in [1.29, 1.82) is 0 Å². The lowest BCUT2D eigenvalue weighted by molar-refractivity contribution is 0.0937. The number of hydrogen-bond donors (Lipinski definition) is 4. The average molecular weight is 213 g/mol. The Morgan fingerprint density at radius 2 is 2.40 bits per heavy atom. The zero-order valence-electron chi connectivity index (χ0n) is 8.54. The zero-order valence-corrected chi connectivity index (χ0v) is 8.54. The molecule has 1 atom stereocenters. The molecule has 0 aromatic carbocycles. The summed E-state index contributed by atoms with van der Waals surface area (Å²) in [6.45, 7) is 2.26. The second-order valence-electron chi connectivity index (χ2n) is 3.26. The van der Waals surface area contributed by atoms with Gasteiger partial charge in [-0.25, -0.2) is 4.79 Å². The summed E-state index contributed by atoms with van der Waals surface area (Å²) in [5.74, 6) is -0.350. The number of aliphatic hydroxyl groups excluding tert-OH is 1. The normalized spacial score (nSPS) is 12.4. The Kier molecular flexibility index (Phi) is 4.11. The maximum atomic E-state index is 11.3. The van der Waals surface area contributed by atoms with E-state index < -0.39 is 11.8 Å². The fraction of sp³-hybridized carbons (Fsp3) is 0.556. The fourth-order valence-electron chi connectivity index (χ4n) is 1.11. The standard InChI is InChI=1S/C9H15N3O3/c1-2-6(13)3-4-10-8(14)7-5-11-9(15)12-7/h5-6,13H,2-4H2,1H3,(H,10,14)(H2,11,12,15). The Bertz CT molecular complexity index is 369. The first-order valence-corrected chi connectivity index (χ1v) is 4.87. The molecule has 1 aromatic heterocycles. The molecule has 0 saturated heterocycles. The van der Waals surface area contributed by atoms with E-state index in [1.807, 2.05) is 6.92 Å². The molecule has 1 rings (SSSR count). The molecule has 6 heteroatoms. The summed E-state index contributed by atoms with van der Waals surface area (Å²) >= 11 is 0. The van der Waals surface area contributed by atoms with Crippen molar-refractivity contribution in [2.45, 2.75) is 25.9 Å². The highest BCUT2D eigenvalue weighted by Gasteiger charge is 2.07. The quantitative estimate of drug-likeness (QED) is 0.535. The predicted molar refractivity (Wildman–Crippen MR) is 54.7 cm³/mol. The summed E-state index contributed by atoms with van der Waals surface area (Å²) in [4.78, 5) is 26.7. The van der Waals surface area contributed by atoms with Gasteiger partial charge in [0.05, 0.1) is 6.10 Å². The number of rotatable bonds is 5. The lowest BCUT2D eigenvalue weighted by Gasteiger charge is -2.07. The van der Waals surface area contributed by atoms with E-state index in [0.29, 0.717) is 19.4 Å². The van der Waals surface area contributed by atoms with E-state index >= 15 is 0 Å². The van der Waals surface area contributed by atoms with E-state index in [1.165, 1.54) is 6.20 Å². The molecule has 1 amide bonds. The lowest BCUT2D eigenvalue weighted by Crippen LogP contribution is -2.27. The Morgan fingerprint density at radius 1 is 1.67 bits per heavy atom. The second-order valence-corrected chi connectivity index (χ2v) is 3.26. The van der Waals surface area contributed by atoms with Crippen LogP contribution in [0.25, 0.3) is 0 Å². The highest BCUT2D eigenvalue weighted by Crippen LogP contribution is 1.95. The number of imidazole rings is 1. The largest absolute Gasteiger partial charge is 0.393 e. The van der Waals surface area contributed by atoms with Gasteiger partial charge >= 0.3 is 5.69 Å². The van der Waals surface area contributed by atoms with Crippen molar-refractivity contribution >= 4 is 5.91 Å². The number of aromatic nitrogens is 2. The van der Waals surface area contributed by atoms with Crippen molar-refractivity contribution in [2.75, 3.05) is 6.54 Å². The summed E-state index contributed by atoms with van der Waals surface area (Å²) < 4.78 is 0. The van der Waals surface area contributed by atoms with Crippen molar-refractivity contribution < 1.29 is 9.90 Å².